The standard InChI is InChI=1S/C16H14N4O5/c1-25-13-7-4-6-12(9-13)18-15(21)16(22)19-17-10-11-5-2-3-8-14(11)20(23)24/h2-10H,1H3,(H,18,21)(H,19,22)/b17-10-. The SMILES string of the molecule is COc1cccc(NC(=O)C(=O)N/N=C\c2ccccc2[N+](=O)[O-])c1. The van der Waals surface area contributed by atoms with Gasteiger partial charge in [0.25, 0.3) is 5.69 Å². The summed E-state index contributed by atoms with van der Waals surface area (Å²) in [5.74, 6) is -1.43. The molecule has 0 radical (unpaired) electrons. The highest BCUT2D eigenvalue weighted by atomic mass is 16.6. The number of anilines is 1. The van der Waals surface area contributed by atoms with E-state index in [2.05, 4.69) is 10.4 Å². The Morgan fingerprint density at radius 3 is 2.64 bits per heavy atom. The van der Waals surface area contributed by atoms with Gasteiger partial charge in [0.05, 0.1) is 23.8 Å². The lowest BCUT2D eigenvalue weighted by Crippen LogP contribution is -2.32. The van der Waals surface area contributed by atoms with Gasteiger partial charge in [0.15, 0.2) is 0 Å². The van der Waals surface area contributed by atoms with Gasteiger partial charge in [-0.2, -0.15) is 5.10 Å². The molecule has 2 N–H and O–H groups in total. The van der Waals surface area contributed by atoms with E-state index >= 15 is 0 Å². The number of rotatable bonds is 5. The van der Waals surface area contributed by atoms with E-state index in [0.29, 0.717) is 11.4 Å². The zero-order chi connectivity index (χ0) is 18.2. The summed E-state index contributed by atoms with van der Waals surface area (Å²) in [6.07, 6.45) is 1.09. The highest BCUT2D eigenvalue weighted by Gasteiger charge is 2.14. The van der Waals surface area contributed by atoms with Gasteiger partial charge >= 0.3 is 11.8 Å². The number of methoxy groups -OCH3 is 1. The number of hydrazone groups is 1. The third-order valence-corrected chi connectivity index (χ3v) is 3.04. The van der Waals surface area contributed by atoms with Crippen LogP contribution >= 0.6 is 0 Å². The van der Waals surface area contributed by atoms with Crippen LogP contribution in [0.15, 0.2) is 53.6 Å². The molecule has 0 aliphatic heterocycles. The molecule has 9 heteroatoms. The number of carbonyl (C=O) groups excluding carboxylic acids is 2. The number of nitro groups is 1. The molecule has 0 heterocycles. The second-order valence-corrected chi connectivity index (χ2v) is 4.70. The van der Waals surface area contributed by atoms with Crippen LogP contribution in [0.5, 0.6) is 5.75 Å². The molecule has 0 atom stereocenters. The number of benzene rings is 2. The molecule has 128 valence electrons. The van der Waals surface area contributed by atoms with E-state index in [1.54, 1.807) is 30.3 Å². The predicted molar refractivity (Wildman–Crippen MR) is 90.5 cm³/mol. The van der Waals surface area contributed by atoms with E-state index < -0.39 is 16.7 Å². The lowest BCUT2D eigenvalue weighted by Gasteiger charge is -2.05. The van der Waals surface area contributed by atoms with Gasteiger partial charge in [0, 0.05) is 17.8 Å². The van der Waals surface area contributed by atoms with Gasteiger partial charge in [0.2, 0.25) is 0 Å². The lowest BCUT2D eigenvalue weighted by atomic mass is 10.2. The van der Waals surface area contributed by atoms with Crippen molar-refractivity contribution in [1.29, 1.82) is 0 Å². The fraction of sp³-hybridized carbons (Fsp3) is 0.0625. The van der Waals surface area contributed by atoms with Crippen LogP contribution in [0.1, 0.15) is 5.56 Å². The van der Waals surface area contributed by atoms with Gasteiger partial charge < -0.3 is 10.1 Å². The second kappa shape index (κ2) is 8.20. The third-order valence-electron chi connectivity index (χ3n) is 3.04. The molecular formula is C16H14N4O5. The predicted octanol–water partition coefficient (Wildman–Crippen LogP) is 1.69. The zero-order valence-corrected chi connectivity index (χ0v) is 13.1. The molecule has 0 spiro atoms. The van der Waals surface area contributed by atoms with Gasteiger partial charge in [0.1, 0.15) is 5.75 Å². The molecule has 0 aliphatic carbocycles. The summed E-state index contributed by atoms with van der Waals surface area (Å²) < 4.78 is 5.01. The van der Waals surface area contributed by atoms with Crippen molar-refractivity contribution >= 4 is 29.4 Å². The fourth-order valence-electron chi connectivity index (χ4n) is 1.86. The zero-order valence-electron chi connectivity index (χ0n) is 13.1. The van der Waals surface area contributed by atoms with Crippen molar-refractivity contribution < 1.29 is 19.2 Å². The van der Waals surface area contributed by atoms with Gasteiger partial charge in [-0.25, -0.2) is 5.43 Å². The average Bonchev–Trinajstić information content (AvgIpc) is 2.62. The average molecular weight is 342 g/mol. The second-order valence-electron chi connectivity index (χ2n) is 4.70. The van der Waals surface area contributed by atoms with Crippen molar-refractivity contribution in [2.75, 3.05) is 12.4 Å². The third kappa shape index (κ3) is 4.86. The van der Waals surface area contributed by atoms with E-state index in [1.165, 1.54) is 25.3 Å². The minimum absolute atomic E-state index is 0.165. The first kappa shape index (κ1) is 17.6. The van der Waals surface area contributed by atoms with Crippen LogP contribution in [0.2, 0.25) is 0 Å². The number of hydrogen-bond donors (Lipinski definition) is 2. The molecule has 0 aliphatic rings. The number of ether oxygens (including phenoxy) is 1. The van der Waals surface area contributed by atoms with Crippen LogP contribution < -0.4 is 15.5 Å². The van der Waals surface area contributed by atoms with Crippen LogP contribution in [-0.4, -0.2) is 30.1 Å². The van der Waals surface area contributed by atoms with Crippen molar-refractivity contribution in [3.05, 3.63) is 64.2 Å². The number of nitrogens with one attached hydrogen (secondary N) is 2. The molecule has 0 saturated heterocycles. The first-order chi connectivity index (χ1) is 12.0. The first-order valence-electron chi connectivity index (χ1n) is 7.03. The molecule has 0 aromatic heterocycles. The molecule has 2 aromatic carbocycles. The summed E-state index contributed by atoms with van der Waals surface area (Å²) in [5.41, 5.74) is 2.42. The van der Waals surface area contributed by atoms with Crippen LogP contribution in [0.4, 0.5) is 11.4 Å². The van der Waals surface area contributed by atoms with Crippen LogP contribution in [0.25, 0.3) is 0 Å². The number of nitro benzene ring substituents is 1. The summed E-state index contributed by atoms with van der Waals surface area (Å²) in [6, 6.07) is 12.3. The smallest absolute Gasteiger partial charge is 0.329 e. The van der Waals surface area contributed by atoms with E-state index in [9.17, 15) is 19.7 Å². The van der Waals surface area contributed by atoms with Gasteiger partial charge in [-0.15, -0.1) is 0 Å². The van der Waals surface area contributed by atoms with Crippen LogP contribution in [0.3, 0.4) is 0 Å². The summed E-state index contributed by atoms with van der Waals surface area (Å²) in [5, 5.41) is 16.8. The Hall–Kier alpha value is -3.75. The summed E-state index contributed by atoms with van der Waals surface area (Å²) >= 11 is 0. The molecule has 9 nitrogen and oxygen atoms in total. The van der Waals surface area contributed by atoms with Crippen molar-refractivity contribution in [3.63, 3.8) is 0 Å². The van der Waals surface area contributed by atoms with Crippen LogP contribution in [-0.2, 0) is 9.59 Å². The molecule has 0 unspecified atom stereocenters. The maximum Gasteiger partial charge on any atom is 0.329 e. The Bertz CT molecular complexity index is 835. The maximum atomic E-state index is 11.8. The van der Waals surface area contributed by atoms with E-state index in [0.717, 1.165) is 6.21 Å². The Morgan fingerprint density at radius 1 is 1.16 bits per heavy atom. The quantitative estimate of drug-likeness (QED) is 0.370. The maximum absolute atomic E-state index is 11.8. The minimum Gasteiger partial charge on any atom is -0.497 e. The summed E-state index contributed by atoms with van der Waals surface area (Å²) in [6.45, 7) is 0. The van der Waals surface area contributed by atoms with Gasteiger partial charge in [-0.05, 0) is 18.2 Å². The number of amides is 2. The van der Waals surface area contributed by atoms with Crippen molar-refractivity contribution in [1.82, 2.24) is 5.43 Å². The number of nitrogens with zero attached hydrogens (tertiary/aromatic N) is 2. The molecule has 2 rings (SSSR count). The van der Waals surface area contributed by atoms with Gasteiger partial charge in [-0.3, -0.25) is 19.7 Å². The first-order valence-corrected chi connectivity index (χ1v) is 7.03. The lowest BCUT2D eigenvalue weighted by molar-refractivity contribution is -0.385. The largest absolute Gasteiger partial charge is 0.497 e. The van der Waals surface area contributed by atoms with Gasteiger partial charge in [-0.1, -0.05) is 18.2 Å². The van der Waals surface area contributed by atoms with Crippen LogP contribution in [0, 0.1) is 10.1 Å². The number of carbonyl (C=O) groups is 2. The normalized spacial score (nSPS) is 10.3. The van der Waals surface area contributed by atoms with E-state index in [1.807, 2.05) is 5.43 Å². The molecule has 0 saturated carbocycles. The highest BCUT2D eigenvalue weighted by molar-refractivity contribution is 6.39. The summed E-state index contributed by atoms with van der Waals surface area (Å²) in [7, 11) is 1.48. The van der Waals surface area contributed by atoms with E-state index in [-0.39, 0.29) is 11.3 Å². The molecule has 2 amide bonds. The summed E-state index contributed by atoms with van der Waals surface area (Å²) in [4.78, 5) is 33.8. The Kier molecular flexibility index (Phi) is 5.77. The van der Waals surface area contributed by atoms with Crippen molar-refractivity contribution in [3.8, 4) is 5.75 Å². The van der Waals surface area contributed by atoms with Crippen molar-refractivity contribution in [2.24, 2.45) is 5.10 Å². The Labute approximate surface area is 142 Å². The Morgan fingerprint density at radius 2 is 1.92 bits per heavy atom. The van der Waals surface area contributed by atoms with E-state index in [4.69, 9.17) is 4.74 Å². The fourth-order valence-corrected chi connectivity index (χ4v) is 1.86. The number of hydrogen-bond acceptors (Lipinski definition) is 6. The monoisotopic (exact) mass is 342 g/mol. The highest BCUT2D eigenvalue weighted by Crippen LogP contribution is 2.16. The molecule has 0 bridgehead atoms. The van der Waals surface area contributed by atoms with Crippen molar-refractivity contribution in [2.45, 2.75) is 0 Å². The Balaban J connectivity index is 1.97. The molecule has 2 aromatic rings. The molecule has 25 heavy (non-hydrogen) atoms. The topological polar surface area (TPSA) is 123 Å². The molecule has 0 fully saturated rings. The minimum atomic E-state index is -1.02. The molecular weight excluding hydrogens is 328 g/mol. The number of para-hydroxylation sites is 1.